The first-order chi connectivity index (χ1) is 47.7. The first-order valence-electron chi connectivity index (χ1n) is 30.8. The predicted octanol–water partition coefficient (Wildman–Crippen LogP) is 2.91. The number of amides is 5. The summed E-state index contributed by atoms with van der Waals surface area (Å²) in [5.74, 6) is 2.54. The lowest BCUT2D eigenvalue weighted by Gasteiger charge is -2.21. The molecule has 8 rings (SSSR count). The molecule has 1 fully saturated rings. The van der Waals surface area contributed by atoms with Crippen molar-refractivity contribution >= 4 is 86.6 Å². The van der Waals surface area contributed by atoms with Crippen molar-refractivity contribution in [3.63, 3.8) is 0 Å². The van der Waals surface area contributed by atoms with Crippen LogP contribution >= 0.6 is 23.5 Å². The lowest BCUT2D eigenvalue weighted by molar-refractivity contribution is -0.128. The van der Waals surface area contributed by atoms with E-state index >= 15 is 0 Å². The Morgan fingerprint density at radius 2 is 1.56 bits per heavy atom. The van der Waals surface area contributed by atoms with Gasteiger partial charge in [0.2, 0.25) is 17.7 Å². The summed E-state index contributed by atoms with van der Waals surface area (Å²) in [5, 5.41) is 14.3. The molecule has 1 saturated heterocycles. The molecule has 1 aliphatic carbocycles. The lowest BCUT2D eigenvalue weighted by atomic mass is 10.1. The molecule has 35 nitrogen and oxygen atoms in total. The Labute approximate surface area is 569 Å². The molecule has 7 atom stereocenters. The smallest absolute Gasteiger partial charge is 0.489 e. The monoisotopic (exact) mass is 1450 g/mol. The van der Waals surface area contributed by atoms with E-state index in [0.717, 1.165) is 23.3 Å². The van der Waals surface area contributed by atoms with Crippen molar-refractivity contribution in [1.29, 1.82) is 0 Å². The summed E-state index contributed by atoms with van der Waals surface area (Å²) in [5.41, 5.74) is 18.5. The molecular weight excluding hydrogens is 1370 g/mol. The number of nitrogens with one attached hydrogen (secondary N) is 5. The molecule has 100 heavy (non-hydrogen) atoms. The maximum absolute atomic E-state index is 13.9. The average molecular weight is 1450 g/mol. The third-order valence-corrected chi connectivity index (χ3v) is 18.5. The fraction of sp³-hybridized carbons (Fsp3) is 0.339. The number of fused-ring (bicyclic) bond motifs is 2. The Hall–Kier alpha value is -9.30. The van der Waals surface area contributed by atoms with Crippen molar-refractivity contribution in [1.82, 2.24) is 41.1 Å². The van der Waals surface area contributed by atoms with E-state index in [2.05, 4.69) is 66.4 Å². The number of oxazole rings is 1. The molecule has 0 saturated carbocycles. The minimum absolute atomic E-state index is 0.00470. The molecule has 4 heterocycles. The number of ether oxygens (including phenoxy) is 4. The van der Waals surface area contributed by atoms with Gasteiger partial charge in [0, 0.05) is 79.2 Å². The molecule has 0 spiro atoms. The van der Waals surface area contributed by atoms with Gasteiger partial charge in [-0.2, -0.15) is 13.6 Å². The highest BCUT2D eigenvalue weighted by molar-refractivity contribution is 7.66. The van der Waals surface area contributed by atoms with E-state index in [1.54, 1.807) is 72.9 Å². The summed E-state index contributed by atoms with van der Waals surface area (Å²) in [6.07, 6.45) is 9.90. The third kappa shape index (κ3) is 22.6. The second kappa shape index (κ2) is 35.6. The van der Waals surface area contributed by atoms with Gasteiger partial charge in [-0.15, -0.1) is 0 Å². The van der Waals surface area contributed by atoms with E-state index in [0.29, 0.717) is 35.8 Å². The number of rotatable bonds is 34. The van der Waals surface area contributed by atoms with Crippen molar-refractivity contribution in [3.05, 3.63) is 159 Å². The predicted molar refractivity (Wildman–Crippen MR) is 359 cm³/mol. The molecule has 7 unspecified atom stereocenters. The van der Waals surface area contributed by atoms with Crippen LogP contribution in [0.1, 0.15) is 72.0 Å². The zero-order valence-electron chi connectivity index (χ0n) is 53.7. The summed E-state index contributed by atoms with van der Waals surface area (Å²) in [6, 6.07) is 16.7. The summed E-state index contributed by atoms with van der Waals surface area (Å²) in [6.45, 7) is 3.52. The summed E-state index contributed by atoms with van der Waals surface area (Å²) in [4.78, 5) is 140. The van der Waals surface area contributed by atoms with Crippen LogP contribution in [0, 0.1) is 11.8 Å². The molecule has 2 aliphatic rings. The van der Waals surface area contributed by atoms with Gasteiger partial charge < -0.3 is 96.0 Å². The van der Waals surface area contributed by atoms with Crippen molar-refractivity contribution in [2.45, 2.75) is 70.2 Å². The van der Waals surface area contributed by atoms with E-state index in [1.165, 1.54) is 30.5 Å². The van der Waals surface area contributed by atoms with Gasteiger partial charge in [-0.25, -0.2) is 28.3 Å². The number of nitrogen functional groups attached to an aromatic ring is 1. The fourth-order valence-corrected chi connectivity index (χ4v) is 12.8. The second-order valence-corrected chi connectivity index (χ2v) is 26.2. The Morgan fingerprint density at radius 3 is 2.32 bits per heavy atom. The number of benzene rings is 3. The molecule has 0 radical (unpaired) electrons. The van der Waals surface area contributed by atoms with E-state index in [1.807, 2.05) is 26.0 Å². The first-order valence-corrected chi connectivity index (χ1v) is 35.3. The Bertz CT molecular complexity index is 4440. The molecule has 38 heteroatoms. The normalized spacial score (nSPS) is 17.6. The van der Waals surface area contributed by atoms with E-state index in [4.69, 9.17) is 54.8 Å². The number of aromatic nitrogens is 3. The minimum Gasteiger partial charge on any atom is -0.489 e. The Kier molecular flexibility index (Phi) is 27.3. The van der Waals surface area contributed by atoms with Crippen LogP contribution in [-0.2, 0) is 55.4 Å². The molecule has 15 N–H and O–H groups in total. The average Bonchev–Trinajstić information content (AvgIpc) is 1.76. The zero-order valence-corrected chi connectivity index (χ0v) is 56.3. The number of unbranched alkanes of at least 4 members (excludes halogenated alkanes) is 2. The van der Waals surface area contributed by atoms with Crippen LogP contribution < -0.4 is 64.7 Å². The second-order valence-electron chi connectivity index (χ2n) is 21.8. The molecule has 3 aromatic heterocycles. The van der Waals surface area contributed by atoms with Crippen LogP contribution in [0.4, 0.5) is 11.5 Å². The quantitative estimate of drug-likeness (QED) is 0.00908. The summed E-state index contributed by atoms with van der Waals surface area (Å²) in [7, 11) is -17.0. The molecule has 5 amide bonds. The highest BCUT2D eigenvalue weighted by atomic mass is 31.3. The highest BCUT2D eigenvalue weighted by Crippen LogP contribution is 2.66. The largest absolute Gasteiger partial charge is 0.490 e. The number of carbonyl (C=O) groups is 5. The van der Waals surface area contributed by atoms with Crippen LogP contribution in [0.15, 0.2) is 139 Å². The first kappa shape index (κ1) is 76.5. The summed E-state index contributed by atoms with van der Waals surface area (Å²) < 4.78 is 81.9. The third-order valence-electron chi connectivity index (χ3n) is 14.6. The maximum atomic E-state index is 13.9. The van der Waals surface area contributed by atoms with Gasteiger partial charge in [0.05, 0.1) is 31.5 Å². The number of phosphoric ester groups is 1. The zero-order chi connectivity index (χ0) is 72.2. The number of hydrogen-bond acceptors (Lipinski definition) is 25. The molecule has 3 aromatic carbocycles. The number of carbonyl (C=O) groups excluding carboxylic acids is 5. The standard InChI is InChI=1S/C62H73N12O23P3/c1-3-73(4-2)43-22-20-39-28-45(61(80)95-49(39)30-43)60-71-46-29-41(21-23-48(46)94-60)58(78)70-47(32-69-56(76)38-15-9-6-5-7-10-16-38)59(79)68-25-12-8-11-24-67-57(77)40-17-13-19-44(27-40)89-35-52(64)90-36-53(75)66-26-14-18-42-33-74(62(81)72-55(42)65)54-31-50(91-37-63)51(93-54)34-92-99(85,86)97-100(87,88)96-98(82,83)84/h5-7,9-10,13,15-17,19-23,27-30,33,47,50-52,54H,3-4,8,11-12,24-26,31-32,34-37,63-64H2,1-2H3,(H,66,75)(H,67,77)(H,68,79)(H,69,76)(H,70,78)(H,85,86)(H,87,88)(H2,65,72,81)(H2,82,83,84)/b6-5-,7-5?,9-6?,10-7-,15-9?,16-10?,38-15?,38-16?. The van der Waals surface area contributed by atoms with E-state index in [-0.39, 0.29) is 90.0 Å². The molecule has 1 aliphatic heterocycles. The Morgan fingerprint density at radius 1 is 0.810 bits per heavy atom. The minimum atomic E-state index is -5.81. The topological polar surface area (TPSA) is 515 Å². The van der Waals surface area contributed by atoms with Crippen molar-refractivity contribution in [2.75, 3.05) is 76.5 Å². The van der Waals surface area contributed by atoms with Crippen LogP contribution in [0.3, 0.4) is 0 Å². The van der Waals surface area contributed by atoms with E-state index in [9.17, 15) is 57.0 Å². The SMILES string of the molecule is CCN(CC)c1ccc2cc(-c3nc4cc(C(=O)NC(CNC(=O)C5=C/C=C\C=C/C=C5)C(=O)NCCCCCNC(=O)c5cccc(OCC(N)OCC(=O)NCC#Cc6cn(C7CC(OCN)C(COP(=O)(O)OP(=O)(O)OP(=O)(O)O)O7)c(=O)nc6N)c5)ccc4o3)c(=O)oc2c1. The van der Waals surface area contributed by atoms with Gasteiger partial charge in [0.1, 0.15) is 66.0 Å². The van der Waals surface area contributed by atoms with Crippen LogP contribution in [-0.4, -0.2) is 154 Å². The van der Waals surface area contributed by atoms with Crippen molar-refractivity contribution < 1.29 is 98.2 Å². The van der Waals surface area contributed by atoms with Crippen LogP contribution in [0.25, 0.3) is 33.5 Å². The molecule has 534 valence electrons. The van der Waals surface area contributed by atoms with Gasteiger partial charge in [0.15, 0.2) is 5.58 Å². The molecule has 0 bridgehead atoms. The molecule has 6 aromatic rings. The number of allylic oxidation sites excluding steroid dienone is 6. The maximum Gasteiger partial charge on any atom is 0.490 e. The van der Waals surface area contributed by atoms with Gasteiger partial charge in [-0.05, 0) is 99.9 Å². The summed E-state index contributed by atoms with van der Waals surface area (Å²) >= 11 is 0. The van der Waals surface area contributed by atoms with Crippen LogP contribution in [0.5, 0.6) is 5.75 Å². The van der Waals surface area contributed by atoms with Crippen molar-refractivity contribution in [3.8, 4) is 29.0 Å². The number of nitrogens with two attached hydrogens (primary N) is 3. The van der Waals surface area contributed by atoms with Gasteiger partial charge in [-0.1, -0.05) is 48.3 Å². The lowest BCUT2D eigenvalue weighted by Crippen LogP contribution is -2.52. The van der Waals surface area contributed by atoms with Crippen LogP contribution in [0.2, 0.25) is 0 Å². The van der Waals surface area contributed by atoms with E-state index < -0.39 is 115 Å². The highest BCUT2D eigenvalue weighted by Gasteiger charge is 2.44. The van der Waals surface area contributed by atoms with Crippen molar-refractivity contribution in [2.24, 2.45) is 11.5 Å². The van der Waals surface area contributed by atoms with Gasteiger partial charge >= 0.3 is 34.8 Å². The number of anilines is 2. The van der Waals surface area contributed by atoms with Gasteiger partial charge in [0.25, 0.3) is 17.7 Å². The molecular formula is C62H73N12O23P3. The Balaban J connectivity index is 0.754. The van der Waals surface area contributed by atoms with Gasteiger partial charge in [-0.3, -0.25) is 33.1 Å². The number of phosphoric acid groups is 3. The number of hydrogen-bond donors (Lipinski definition) is 12. The number of nitrogens with zero attached hydrogens (tertiary/aromatic N) is 4. The fourth-order valence-electron chi connectivity index (χ4n) is 9.79.